The van der Waals surface area contributed by atoms with Crippen molar-refractivity contribution in [3.8, 4) is 0 Å². The summed E-state index contributed by atoms with van der Waals surface area (Å²) in [5.41, 5.74) is 1.80. The van der Waals surface area contributed by atoms with Crippen molar-refractivity contribution in [1.29, 1.82) is 0 Å². The average molecular weight is 439 g/mol. The summed E-state index contributed by atoms with van der Waals surface area (Å²) in [6.45, 7) is 1.97. The molecule has 6 heteroatoms. The van der Waals surface area contributed by atoms with Gasteiger partial charge in [-0.1, -0.05) is 101 Å². The molecule has 2 nitrogen and oxygen atoms in total. The smallest absolute Gasteiger partial charge is 0.210 e. The van der Waals surface area contributed by atoms with E-state index in [-0.39, 0.29) is 0 Å². The summed E-state index contributed by atoms with van der Waals surface area (Å²) in [5, 5.41) is 4.52. The Hall–Kier alpha value is -1.28. The molecule has 1 N–H and O–H groups in total. The Morgan fingerprint density at radius 2 is 1.33 bits per heavy atom. The number of nitrogens with one attached hydrogen (secondary N) is 1. The highest BCUT2D eigenvalue weighted by atomic mass is 35.6. The summed E-state index contributed by atoms with van der Waals surface area (Å²) in [6, 6.07) is 25.4. The molecule has 0 amide bonds. The van der Waals surface area contributed by atoms with E-state index in [1.54, 1.807) is 0 Å². The summed E-state index contributed by atoms with van der Waals surface area (Å²) >= 11 is 18.9. The Bertz CT molecular complexity index is 899. The van der Waals surface area contributed by atoms with Crippen LogP contribution in [0, 0.1) is 6.92 Å². The second-order valence-corrected chi connectivity index (χ2v) is 11.2. The number of aryl methyl sites for hydroxylation is 1. The number of hydrogen-bond acceptors (Lipinski definition) is 1. The van der Waals surface area contributed by atoms with E-state index in [1.165, 1.54) is 0 Å². The minimum absolute atomic E-state index is 0.656. The number of rotatable bonds is 5. The topological polar surface area (TPSA) is 29.1 Å². The second-order valence-electron chi connectivity index (χ2n) is 6.30. The van der Waals surface area contributed by atoms with Crippen molar-refractivity contribution in [2.45, 2.75) is 16.8 Å². The lowest BCUT2D eigenvalue weighted by molar-refractivity contribution is 0.562. The molecule has 3 aromatic rings. The lowest BCUT2D eigenvalue weighted by Gasteiger charge is -2.31. The average Bonchev–Trinajstić information content (AvgIpc) is 2.66. The lowest BCUT2D eigenvalue weighted by atomic mass is 10.1. The van der Waals surface area contributed by atoms with Crippen LogP contribution in [0.5, 0.6) is 0 Å². The van der Waals surface area contributed by atoms with Crippen molar-refractivity contribution in [3.05, 3.63) is 96.1 Å². The van der Waals surface area contributed by atoms with Crippen molar-refractivity contribution < 1.29 is 4.57 Å². The van der Waals surface area contributed by atoms with Crippen molar-refractivity contribution in [2.75, 3.05) is 0 Å². The van der Waals surface area contributed by atoms with E-state index >= 15 is 0 Å². The first-order valence-electron chi connectivity index (χ1n) is 8.43. The number of alkyl halides is 3. The van der Waals surface area contributed by atoms with Gasteiger partial charge in [0.2, 0.25) is 11.1 Å². The zero-order valence-electron chi connectivity index (χ0n) is 14.6. The largest absolute Gasteiger partial charge is 0.297 e. The van der Waals surface area contributed by atoms with Gasteiger partial charge in [0.15, 0.2) is 0 Å². The molecule has 0 aliphatic carbocycles. The van der Waals surface area contributed by atoms with E-state index in [0.29, 0.717) is 10.6 Å². The van der Waals surface area contributed by atoms with Gasteiger partial charge in [-0.15, -0.1) is 0 Å². The van der Waals surface area contributed by atoms with Crippen LogP contribution >= 0.6 is 42.1 Å². The molecule has 0 saturated heterocycles. The van der Waals surface area contributed by atoms with Gasteiger partial charge in [-0.2, -0.15) is 0 Å². The van der Waals surface area contributed by atoms with Gasteiger partial charge in [0, 0.05) is 10.6 Å². The molecular formula is C21H19Cl3NOP. The predicted molar refractivity (Wildman–Crippen MR) is 117 cm³/mol. The molecule has 0 bridgehead atoms. The van der Waals surface area contributed by atoms with Gasteiger partial charge >= 0.3 is 0 Å². The molecular weight excluding hydrogens is 420 g/mol. The Labute approximate surface area is 174 Å². The van der Waals surface area contributed by atoms with E-state index in [0.717, 1.165) is 11.1 Å². The molecule has 27 heavy (non-hydrogen) atoms. The van der Waals surface area contributed by atoms with E-state index in [4.69, 9.17) is 34.8 Å². The number of halogens is 3. The van der Waals surface area contributed by atoms with Crippen LogP contribution in [0.15, 0.2) is 84.9 Å². The first-order valence-corrected chi connectivity index (χ1v) is 11.3. The van der Waals surface area contributed by atoms with E-state index < -0.39 is 17.1 Å². The second kappa shape index (κ2) is 8.39. The van der Waals surface area contributed by atoms with Crippen molar-refractivity contribution >= 4 is 52.7 Å². The molecule has 3 aromatic carbocycles. The van der Waals surface area contributed by atoms with Crippen LogP contribution in [0.3, 0.4) is 0 Å². The highest BCUT2D eigenvalue weighted by molar-refractivity contribution is 7.76. The van der Waals surface area contributed by atoms with Gasteiger partial charge < -0.3 is 0 Å². The minimum atomic E-state index is -3.26. The summed E-state index contributed by atoms with van der Waals surface area (Å²) in [6.07, 6.45) is 0. The van der Waals surface area contributed by atoms with Gasteiger partial charge in [-0.05, 0) is 36.8 Å². The summed E-state index contributed by atoms with van der Waals surface area (Å²) < 4.78 is 12.6. The van der Waals surface area contributed by atoms with Crippen LogP contribution in [0.1, 0.15) is 17.2 Å². The molecule has 0 aromatic heterocycles. The van der Waals surface area contributed by atoms with E-state index in [1.807, 2.05) is 91.9 Å². The van der Waals surface area contributed by atoms with Gasteiger partial charge in [-0.25, -0.2) is 5.09 Å². The van der Waals surface area contributed by atoms with Crippen LogP contribution in [0.2, 0.25) is 0 Å². The first-order chi connectivity index (χ1) is 12.8. The third kappa shape index (κ3) is 4.77. The third-order valence-corrected chi connectivity index (χ3v) is 7.58. The number of hydrogen-bond donors (Lipinski definition) is 1. The third-order valence-electron chi connectivity index (χ3n) is 4.25. The predicted octanol–water partition coefficient (Wildman–Crippen LogP) is 5.93. The Morgan fingerprint density at radius 1 is 0.815 bits per heavy atom. The molecule has 1 unspecified atom stereocenters. The lowest BCUT2D eigenvalue weighted by Crippen LogP contribution is -2.36. The van der Waals surface area contributed by atoms with Crippen molar-refractivity contribution in [3.63, 3.8) is 0 Å². The molecule has 0 heterocycles. The summed E-state index contributed by atoms with van der Waals surface area (Å²) in [4.78, 5) is 0. The Balaban J connectivity index is 2.13. The van der Waals surface area contributed by atoms with Crippen LogP contribution in [0.4, 0.5) is 0 Å². The monoisotopic (exact) mass is 437 g/mol. The zero-order valence-corrected chi connectivity index (χ0v) is 17.8. The van der Waals surface area contributed by atoms with Gasteiger partial charge in [0.1, 0.15) is 0 Å². The molecule has 140 valence electrons. The summed E-state index contributed by atoms with van der Waals surface area (Å²) in [5.74, 6) is 0. The Kier molecular flexibility index (Phi) is 6.35. The van der Waals surface area contributed by atoms with Gasteiger partial charge in [-0.3, -0.25) is 4.57 Å². The van der Waals surface area contributed by atoms with Crippen molar-refractivity contribution in [1.82, 2.24) is 5.09 Å². The molecule has 1 atom stereocenters. The van der Waals surface area contributed by atoms with Crippen LogP contribution in [-0.4, -0.2) is 3.79 Å². The fourth-order valence-corrected chi connectivity index (χ4v) is 6.20. The highest BCUT2D eigenvalue weighted by Crippen LogP contribution is 2.48. The summed E-state index contributed by atoms with van der Waals surface area (Å²) in [7, 11) is -3.26. The maximum Gasteiger partial charge on any atom is 0.210 e. The van der Waals surface area contributed by atoms with Gasteiger partial charge in [0.25, 0.3) is 0 Å². The van der Waals surface area contributed by atoms with Crippen LogP contribution < -0.4 is 15.7 Å². The maximum absolute atomic E-state index is 14.2. The minimum Gasteiger partial charge on any atom is -0.297 e. The molecule has 0 aliphatic rings. The first kappa shape index (κ1) is 20.5. The molecule has 0 radical (unpaired) electrons. The van der Waals surface area contributed by atoms with Gasteiger partial charge in [0.05, 0.1) is 6.04 Å². The van der Waals surface area contributed by atoms with E-state index in [9.17, 15) is 4.57 Å². The fraction of sp³-hybridized carbons (Fsp3) is 0.143. The normalized spacial score (nSPS) is 13.3. The van der Waals surface area contributed by atoms with Crippen LogP contribution in [0.25, 0.3) is 0 Å². The molecule has 0 spiro atoms. The maximum atomic E-state index is 14.2. The molecule has 3 rings (SSSR count). The standard InChI is InChI=1S/C21H19Cl3NOP/c1-16-9-8-10-17(15-16)20(21(22,23)24)25-27(26,18-11-4-2-5-12-18)19-13-6-3-7-14-19/h2-15,20H,1H3,(H,25,26). The van der Waals surface area contributed by atoms with Crippen molar-refractivity contribution in [2.24, 2.45) is 0 Å². The quantitative estimate of drug-likeness (QED) is 0.395. The highest BCUT2D eigenvalue weighted by Gasteiger charge is 2.40. The zero-order chi connectivity index (χ0) is 19.5. The molecule has 0 fully saturated rings. The Morgan fingerprint density at radius 3 is 1.78 bits per heavy atom. The van der Waals surface area contributed by atoms with E-state index in [2.05, 4.69) is 5.09 Å². The SMILES string of the molecule is Cc1cccc(C(NP(=O)(c2ccccc2)c2ccccc2)C(Cl)(Cl)Cl)c1. The fourth-order valence-electron chi connectivity index (χ4n) is 2.94. The molecule has 0 aliphatic heterocycles. The molecule has 0 saturated carbocycles. The number of benzene rings is 3. The van der Waals surface area contributed by atoms with Crippen LogP contribution in [-0.2, 0) is 4.57 Å².